The molecule has 1 N–H and O–H groups in total. The molecule has 2 aromatic heterocycles. The average Bonchev–Trinajstić information content (AvgIpc) is 3.42. The van der Waals surface area contributed by atoms with Crippen LogP contribution in [0, 0.1) is 6.92 Å². The van der Waals surface area contributed by atoms with Crippen LogP contribution in [0.3, 0.4) is 0 Å². The van der Waals surface area contributed by atoms with Gasteiger partial charge in [-0.25, -0.2) is 14.8 Å². The number of aryl methyl sites for hydroxylation is 1. The lowest BCUT2D eigenvalue weighted by molar-refractivity contribution is -0.108. The molecule has 0 fully saturated rings. The Morgan fingerprint density at radius 2 is 1.90 bits per heavy atom. The lowest BCUT2D eigenvalue weighted by Gasteiger charge is -2.25. The normalized spacial score (nSPS) is 12.1. The van der Waals surface area contributed by atoms with Crippen molar-refractivity contribution in [3.63, 3.8) is 0 Å². The van der Waals surface area contributed by atoms with Crippen molar-refractivity contribution >= 4 is 40.4 Å². The summed E-state index contributed by atoms with van der Waals surface area (Å²) in [5.41, 5.74) is 3.35. The highest BCUT2D eigenvalue weighted by molar-refractivity contribution is 7.10. The zero-order valence-corrected chi connectivity index (χ0v) is 26.0. The lowest BCUT2D eigenvalue weighted by atomic mass is 10.0. The van der Waals surface area contributed by atoms with Crippen LogP contribution < -0.4 is 14.8 Å². The molecule has 42 heavy (non-hydrogen) atoms. The van der Waals surface area contributed by atoms with Crippen molar-refractivity contribution in [2.24, 2.45) is 0 Å². The van der Waals surface area contributed by atoms with E-state index >= 15 is 0 Å². The Kier molecular flexibility index (Phi) is 9.67. The van der Waals surface area contributed by atoms with Crippen LogP contribution in [0.2, 0.25) is 0 Å². The zero-order chi connectivity index (χ0) is 30.4. The van der Waals surface area contributed by atoms with Crippen molar-refractivity contribution in [1.29, 1.82) is 0 Å². The van der Waals surface area contributed by atoms with E-state index in [-0.39, 0.29) is 18.7 Å². The second-order valence-electron chi connectivity index (χ2n) is 11.0. The molecule has 4 rings (SSSR count). The van der Waals surface area contributed by atoms with Crippen LogP contribution in [-0.2, 0) is 16.1 Å². The van der Waals surface area contributed by atoms with Gasteiger partial charge in [0.1, 0.15) is 23.5 Å². The minimum absolute atomic E-state index is 0.0487. The van der Waals surface area contributed by atoms with E-state index in [0.717, 1.165) is 33.2 Å². The van der Waals surface area contributed by atoms with Crippen molar-refractivity contribution in [1.82, 2.24) is 14.9 Å². The third-order valence-electron chi connectivity index (χ3n) is 6.43. The molecule has 0 aliphatic carbocycles. The van der Waals surface area contributed by atoms with Crippen LogP contribution in [0.1, 0.15) is 56.4 Å². The van der Waals surface area contributed by atoms with Gasteiger partial charge in [0.05, 0.1) is 25.3 Å². The smallest absolute Gasteiger partial charge is 0.410 e. The Hall–Kier alpha value is -4.18. The molecule has 222 valence electrons. The van der Waals surface area contributed by atoms with Gasteiger partial charge in [-0.1, -0.05) is 24.3 Å². The number of aromatic nitrogens is 2. The van der Waals surface area contributed by atoms with E-state index in [4.69, 9.17) is 19.2 Å². The summed E-state index contributed by atoms with van der Waals surface area (Å²) < 4.78 is 16.9. The van der Waals surface area contributed by atoms with Gasteiger partial charge in [0.15, 0.2) is 11.5 Å². The second-order valence-corrected chi connectivity index (χ2v) is 12.0. The van der Waals surface area contributed by atoms with E-state index in [0.29, 0.717) is 41.6 Å². The van der Waals surface area contributed by atoms with Crippen LogP contribution in [0.4, 0.5) is 10.6 Å². The third kappa shape index (κ3) is 7.55. The maximum absolute atomic E-state index is 12.6. The number of nitrogens with zero attached hydrogens (tertiary/aromatic N) is 3. The molecule has 0 bridgehead atoms. The molecular weight excluding hydrogens is 552 g/mol. The number of hydrogen-bond donors (Lipinski definition) is 1. The molecule has 0 aliphatic rings. The van der Waals surface area contributed by atoms with Gasteiger partial charge in [0.25, 0.3) is 0 Å². The fraction of sp³-hybridized carbons (Fsp3) is 0.375. The first-order valence-corrected chi connectivity index (χ1v) is 14.7. The highest BCUT2D eigenvalue weighted by atomic mass is 32.1. The summed E-state index contributed by atoms with van der Waals surface area (Å²) in [5, 5.41) is 6.50. The molecule has 0 radical (unpaired) electrons. The van der Waals surface area contributed by atoms with Gasteiger partial charge < -0.3 is 29.2 Å². The second kappa shape index (κ2) is 13.2. The van der Waals surface area contributed by atoms with Crippen molar-refractivity contribution in [2.75, 3.05) is 26.1 Å². The van der Waals surface area contributed by atoms with Crippen molar-refractivity contribution in [2.45, 2.75) is 59.2 Å². The summed E-state index contributed by atoms with van der Waals surface area (Å²) in [6.07, 6.45) is 0.757. The molecule has 0 saturated heterocycles. The first-order chi connectivity index (χ1) is 20.0. The number of hydrogen-bond acceptors (Lipinski definition) is 9. The number of carbonyl (C=O) groups excluding carboxylic acids is 2. The Bertz CT molecular complexity index is 1560. The number of carbonyl (C=O) groups is 2. The largest absolute Gasteiger partial charge is 0.493 e. The maximum Gasteiger partial charge on any atom is 0.410 e. The van der Waals surface area contributed by atoms with Gasteiger partial charge in [-0.05, 0) is 68.8 Å². The van der Waals surface area contributed by atoms with Gasteiger partial charge in [0, 0.05) is 36.3 Å². The average molecular weight is 591 g/mol. The Morgan fingerprint density at radius 1 is 1.14 bits per heavy atom. The van der Waals surface area contributed by atoms with Crippen molar-refractivity contribution in [3.05, 3.63) is 64.1 Å². The molecule has 0 saturated carbocycles. The standard InChI is InChI=1S/C32H38N4O5S/c1-20(33-30-25-16-27(39-7)28(40-14-10-13-37)17-26(25)34-21(2)35-30)29-15-23(19-42-29)24-12-9-8-11-22(24)18-36(6)31(38)41-32(3,4)5/h8-9,11-13,15-17,19-20H,10,14,18H2,1-7H3,(H,33,34,35)/t20-/m1/s1. The number of nitrogens with one attached hydrogen (secondary N) is 1. The van der Waals surface area contributed by atoms with Crippen molar-refractivity contribution in [3.8, 4) is 22.6 Å². The SMILES string of the molecule is COc1cc2c(N[C@H](C)c3cc(-c4ccccc4CN(C)C(=O)OC(C)(C)C)cs3)nc(C)nc2cc1OCCC=O. The first-order valence-electron chi connectivity index (χ1n) is 13.8. The van der Waals surface area contributed by atoms with Crippen LogP contribution in [-0.4, -0.2) is 53.6 Å². The monoisotopic (exact) mass is 590 g/mol. The van der Waals surface area contributed by atoms with Gasteiger partial charge in [-0.2, -0.15) is 0 Å². The number of amides is 1. The minimum atomic E-state index is -0.553. The first kappa shape index (κ1) is 30.8. The quantitative estimate of drug-likeness (QED) is 0.145. The number of thiophene rings is 1. The minimum Gasteiger partial charge on any atom is -0.493 e. The summed E-state index contributed by atoms with van der Waals surface area (Å²) in [6.45, 7) is 10.2. The molecular formula is C32H38N4O5S. The molecule has 1 atom stereocenters. The van der Waals surface area contributed by atoms with Crippen molar-refractivity contribution < 1.29 is 23.8 Å². The van der Waals surface area contributed by atoms with E-state index in [1.807, 2.05) is 58.0 Å². The molecule has 1 amide bonds. The van der Waals surface area contributed by atoms with Crippen LogP contribution in [0.15, 0.2) is 47.8 Å². The van der Waals surface area contributed by atoms with E-state index in [1.54, 1.807) is 30.4 Å². The lowest BCUT2D eigenvalue weighted by Crippen LogP contribution is -2.33. The van der Waals surface area contributed by atoms with Gasteiger partial charge in [-0.15, -0.1) is 11.3 Å². The molecule has 4 aromatic rings. The molecule has 0 unspecified atom stereocenters. The number of fused-ring (bicyclic) bond motifs is 1. The van der Waals surface area contributed by atoms with E-state index in [2.05, 4.69) is 34.7 Å². The third-order valence-corrected chi connectivity index (χ3v) is 7.54. The highest BCUT2D eigenvalue weighted by Gasteiger charge is 2.21. The molecule has 0 aliphatic heterocycles. The number of rotatable bonds is 11. The van der Waals surface area contributed by atoms with E-state index in [9.17, 15) is 9.59 Å². The number of methoxy groups -OCH3 is 1. The zero-order valence-electron chi connectivity index (χ0n) is 25.2. The van der Waals surface area contributed by atoms with Crippen LogP contribution >= 0.6 is 11.3 Å². The fourth-order valence-corrected chi connectivity index (χ4v) is 5.37. The fourth-order valence-electron chi connectivity index (χ4n) is 4.45. The Labute approximate surface area is 250 Å². The summed E-state index contributed by atoms with van der Waals surface area (Å²) in [6, 6.07) is 13.9. The molecule has 0 spiro atoms. The molecule has 9 nitrogen and oxygen atoms in total. The van der Waals surface area contributed by atoms with Crippen LogP contribution in [0.25, 0.3) is 22.0 Å². The summed E-state index contributed by atoms with van der Waals surface area (Å²) in [5.74, 6) is 2.39. The topological polar surface area (TPSA) is 103 Å². The highest BCUT2D eigenvalue weighted by Crippen LogP contribution is 2.37. The number of anilines is 1. The number of aldehydes is 1. The molecule has 10 heteroatoms. The van der Waals surface area contributed by atoms with Crippen LogP contribution in [0.5, 0.6) is 11.5 Å². The summed E-state index contributed by atoms with van der Waals surface area (Å²) in [4.78, 5) is 35.3. The van der Waals surface area contributed by atoms with Gasteiger partial charge in [-0.3, -0.25) is 0 Å². The van der Waals surface area contributed by atoms with E-state index < -0.39 is 5.60 Å². The van der Waals surface area contributed by atoms with Gasteiger partial charge in [0.2, 0.25) is 0 Å². The predicted octanol–water partition coefficient (Wildman–Crippen LogP) is 7.18. The Morgan fingerprint density at radius 3 is 2.62 bits per heavy atom. The number of ether oxygens (including phenoxy) is 3. The maximum atomic E-state index is 12.6. The molecule has 2 heterocycles. The Balaban J connectivity index is 1.57. The summed E-state index contributed by atoms with van der Waals surface area (Å²) >= 11 is 1.66. The molecule has 2 aromatic carbocycles. The van der Waals surface area contributed by atoms with E-state index in [1.165, 1.54) is 0 Å². The number of benzene rings is 2. The predicted molar refractivity (Wildman–Crippen MR) is 166 cm³/mol. The summed E-state index contributed by atoms with van der Waals surface area (Å²) in [7, 11) is 3.33. The van der Waals surface area contributed by atoms with Gasteiger partial charge >= 0.3 is 6.09 Å².